The van der Waals surface area contributed by atoms with E-state index in [1.165, 1.54) is 24.7 Å². The van der Waals surface area contributed by atoms with Crippen molar-refractivity contribution in [1.29, 1.82) is 0 Å². The Morgan fingerprint density at radius 1 is 1.38 bits per heavy atom. The Hall–Kier alpha value is -2.93. The zero-order valence-electron chi connectivity index (χ0n) is 12.2. The number of halogens is 2. The molecular formula is C16H11ClFN3O3. The molecule has 0 unspecified atom stereocenters. The highest BCUT2D eigenvalue weighted by Crippen LogP contribution is 2.26. The summed E-state index contributed by atoms with van der Waals surface area (Å²) in [5.74, 6) is -1.30. The number of hydrogen-bond acceptors (Lipinski definition) is 5. The van der Waals surface area contributed by atoms with Gasteiger partial charge in [0.15, 0.2) is 11.5 Å². The molecule has 2 aromatic heterocycles. The average molecular weight is 348 g/mol. The third kappa shape index (κ3) is 3.36. The molecule has 3 aromatic rings. The maximum atomic E-state index is 13.0. The standard InChI is InChI=1S/C16H11ClFN3O3/c17-15-14(12(22)6-13(23)16-19-8-20-21-16)10(7-24-15)5-9-1-3-11(18)4-2-9/h1-4,6-8,23H,5H2,(H,19,20,21). The predicted octanol–water partition coefficient (Wildman–Crippen LogP) is 3.56. The molecule has 0 radical (unpaired) electrons. The lowest BCUT2D eigenvalue weighted by molar-refractivity contribution is 0.104. The summed E-state index contributed by atoms with van der Waals surface area (Å²) >= 11 is 5.94. The van der Waals surface area contributed by atoms with Gasteiger partial charge >= 0.3 is 0 Å². The fraction of sp³-hybridized carbons (Fsp3) is 0.0625. The molecule has 0 aliphatic carbocycles. The van der Waals surface area contributed by atoms with Gasteiger partial charge in [-0.05, 0) is 29.3 Å². The van der Waals surface area contributed by atoms with Crippen molar-refractivity contribution in [3.05, 3.63) is 76.5 Å². The van der Waals surface area contributed by atoms with Crippen molar-refractivity contribution in [3.8, 4) is 0 Å². The van der Waals surface area contributed by atoms with Gasteiger partial charge in [0.25, 0.3) is 0 Å². The van der Waals surface area contributed by atoms with E-state index in [0.717, 1.165) is 11.6 Å². The number of aromatic nitrogens is 3. The number of carbonyl (C=O) groups is 1. The number of allylic oxidation sites excluding steroid dienone is 1. The van der Waals surface area contributed by atoms with Crippen LogP contribution in [0.25, 0.3) is 5.76 Å². The Kier molecular flexibility index (Phi) is 4.43. The van der Waals surface area contributed by atoms with Crippen molar-refractivity contribution in [2.45, 2.75) is 6.42 Å². The number of aliphatic hydroxyl groups excluding tert-OH is 1. The Bertz CT molecular complexity index is 886. The van der Waals surface area contributed by atoms with Crippen LogP contribution < -0.4 is 0 Å². The van der Waals surface area contributed by atoms with Crippen LogP contribution in [0, 0.1) is 5.82 Å². The number of benzene rings is 1. The maximum Gasteiger partial charge on any atom is 0.215 e. The van der Waals surface area contributed by atoms with Crippen molar-refractivity contribution in [3.63, 3.8) is 0 Å². The quantitative estimate of drug-likeness (QED) is 0.418. The number of rotatable bonds is 5. The van der Waals surface area contributed by atoms with Crippen LogP contribution in [0.15, 0.2) is 47.3 Å². The molecule has 0 saturated carbocycles. The first-order chi connectivity index (χ1) is 11.5. The van der Waals surface area contributed by atoms with Crippen LogP contribution in [-0.4, -0.2) is 26.1 Å². The van der Waals surface area contributed by atoms with Gasteiger partial charge in [0, 0.05) is 18.1 Å². The highest BCUT2D eigenvalue weighted by Gasteiger charge is 2.20. The minimum atomic E-state index is -0.548. The Morgan fingerprint density at radius 3 is 2.79 bits per heavy atom. The number of ketones is 1. The van der Waals surface area contributed by atoms with Gasteiger partial charge in [-0.1, -0.05) is 12.1 Å². The molecule has 8 heteroatoms. The van der Waals surface area contributed by atoms with Crippen LogP contribution in [-0.2, 0) is 6.42 Å². The lowest BCUT2D eigenvalue weighted by atomic mass is 10.0. The summed E-state index contributed by atoms with van der Waals surface area (Å²) in [7, 11) is 0. The molecule has 0 atom stereocenters. The summed E-state index contributed by atoms with van der Waals surface area (Å²) in [6, 6.07) is 5.86. The van der Waals surface area contributed by atoms with Gasteiger partial charge < -0.3 is 9.52 Å². The van der Waals surface area contributed by atoms with Crippen molar-refractivity contribution in [2.24, 2.45) is 0 Å². The number of nitrogens with one attached hydrogen (secondary N) is 1. The first-order valence-electron chi connectivity index (χ1n) is 6.86. The molecule has 0 saturated heterocycles. The van der Waals surface area contributed by atoms with Gasteiger partial charge in [-0.25, -0.2) is 9.37 Å². The van der Waals surface area contributed by atoms with E-state index in [0.29, 0.717) is 12.0 Å². The number of carbonyl (C=O) groups excluding carboxylic acids is 1. The molecule has 6 nitrogen and oxygen atoms in total. The molecule has 122 valence electrons. The summed E-state index contributed by atoms with van der Waals surface area (Å²) < 4.78 is 18.1. The van der Waals surface area contributed by atoms with Crippen molar-refractivity contribution >= 4 is 23.1 Å². The highest BCUT2D eigenvalue weighted by molar-refractivity contribution is 6.33. The van der Waals surface area contributed by atoms with Crippen LogP contribution in [0.1, 0.15) is 27.3 Å². The molecule has 24 heavy (non-hydrogen) atoms. The second-order valence-corrected chi connectivity index (χ2v) is 5.27. The molecule has 3 rings (SSSR count). The lowest BCUT2D eigenvalue weighted by Crippen LogP contribution is -2.01. The minimum Gasteiger partial charge on any atom is -0.504 e. The fourth-order valence-electron chi connectivity index (χ4n) is 2.17. The Labute approximate surface area is 140 Å². The van der Waals surface area contributed by atoms with Gasteiger partial charge in [0.2, 0.25) is 11.0 Å². The number of aliphatic hydroxyl groups is 1. The molecule has 2 N–H and O–H groups in total. The summed E-state index contributed by atoms with van der Waals surface area (Å²) in [5, 5.41) is 15.9. The summed E-state index contributed by atoms with van der Waals surface area (Å²) in [6.45, 7) is 0. The first-order valence-corrected chi connectivity index (χ1v) is 7.24. The SMILES string of the molecule is O=C(C=C(O)c1nc[nH]n1)c1c(Cc2ccc(F)cc2)coc1Cl. The van der Waals surface area contributed by atoms with E-state index < -0.39 is 11.5 Å². The summed E-state index contributed by atoms with van der Waals surface area (Å²) in [6.07, 6.45) is 3.92. The molecule has 1 aromatic carbocycles. The second kappa shape index (κ2) is 6.67. The number of H-pyrrole nitrogens is 1. The Morgan fingerprint density at radius 2 is 2.12 bits per heavy atom. The van der Waals surface area contributed by atoms with Crippen LogP contribution in [0.2, 0.25) is 5.22 Å². The number of furan rings is 1. The maximum absolute atomic E-state index is 13.0. The van der Waals surface area contributed by atoms with E-state index in [-0.39, 0.29) is 22.4 Å². The van der Waals surface area contributed by atoms with Gasteiger partial charge in [0.05, 0.1) is 11.8 Å². The van der Waals surface area contributed by atoms with Crippen LogP contribution in [0.5, 0.6) is 0 Å². The van der Waals surface area contributed by atoms with Crippen molar-refractivity contribution in [2.75, 3.05) is 0 Å². The zero-order valence-corrected chi connectivity index (χ0v) is 12.9. The topological polar surface area (TPSA) is 92.0 Å². The van der Waals surface area contributed by atoms with E-state index >= 15 is 0 Å². The largest absolute Gasteiger partial charge is 0.504 e. The predicted molar refractivity (Wildman–Crippen MR) is 84.2 cm³/mol. The third-order valence-corrected chi connectivity index (χ3v) is 3.57. The molecule has 0 spiro atoms. The monoisotopic (exact) mass is 347 g/mol. The number of aromatic amines is 1. The number of nitrogens with zero attached hydrogens (tertiary/aromatic N) is 2. The zero-order chi connectivity index (χ0) is 17.1. The molecule has 0 fully saturated rings. The summed E-state index contributed by atoms with van der Waals surface area (Å²) in [5.41, 5.74) is 1.43. The average Bonchev–Trinajstić information content (AvgIpc) is 3.20. The fourth-order valence-corrected chi connectivity index (χ4v) is 2.43. The molecule has 0 aliphatic heterocycles. The van der Waals surface area contributed by atoms with E-state index in [9.17, 15) is 14.3 Å². The van der Waals surface area contributed by atoms with Crippen molar-refractivity contribution in [1.82, 2.24) is 15.2 Å². The second-order valence-electron chi connectivity index (χ2n) is 4.93. The van der Waals surface area contributed by atoms with E-state index in [1.54, 1.807) is 12.1 Å². The van der Waals surface area contributed by atoms with Gasteiger partial charge in [-0.2, -0.15) is 5.10 Å². The molecular weight excluding hydrogens is 337 g/mol. The van der Waals surface area contributed by atoms with Crippen LogP contribution in [0.4, 0.5) is 4.39 Å². The van der Waals surface area contributed by atoms with Gasteiger partial charge in [0.1, 0.15) is 12.1 Å². The smallest absolute Gasteiger partial charge is 0.215 e. The highest BCUT2D eigenvalue weighted by atomic mass is 35.5. The molecule has 0 amide bonds. The third-order valence-electron chi connectivity index (χ3n) is 3.29. The molecule has 2 heterocycles. The van der Waals surface area contributed by atoms with Crippen LogP contribution in [0.3, 0.4) is 0 Å². The normalized spacial score (nSPS) is 11.7. The molecule has 0 aliphatic rings. The van der Waals surface area contributed by atoms with Gasteiger partial charge in [-0.3, -0.25) is 9.89 Å². The first kappa shape index (κ1) is 15.9. The lowest BCUT2D eigenvalue weighted by Gasteiger charge is -2.02. The van der Waals surface area contributed by atoms with Gasteiger partial charge in [-0.15, -0.1) is 0 Å². The van der Waals surface area contributed by atoms with Crippen molar-refractivity contribution < 1.29 is 18.7 Å². The number of hydrogen-bond donors (Lipinski definition) is 2. The van der Waals surface area contributed by atoms with E-state index in [1.807, 2.05) is 0 Å². The van der Waals surface area contributed by atoms with Crippen LogP contribution >= 0.6 is 11.6 Å². The minimum absolute atomic E-state index is 0.0111. The van der Waals surface area contributed by atoms with E-state index in [2.05, 4.69) is 15.2 Å². The summed E-state index contributed by atoms with van der Waals surface area (Å²) in [4.78, 5) is 16.1. The van der Waals surface area contributed by atoms with E-state index in [4.69, 9.17) is 16.0 Å². The molecule has 0 bridgehead atoms. The Balaban J connectivity index is 1.88.